The maximum Gasteiger partial charge on any atom is 0.209 e. The number of hydrogen-bond acceptors (Lipinski definition) is 5. The van der Waals surface area contributed by atoms with Gasteiger partial charge in [0.05, 0.1) is 19.9 Å². The van der Waals surface area contributed by atoms with Crippen LogP contribution in [0.2, 0.25) is 0 Å². The minimum Gasteiger partial charge on any atom is -0.497 e. The zero-order chi connectivity index (χ0) is 15.6. The number of oxazole rings is 1. The molecule has 1 unspecified atom stereocenters. The predicted molar refractivity (Wildman–Crippen MR) is 92.8 cm³/mol. The van der Waals surface area contributed by atoms with Gasteiger partial charge in [-0.05, 0) is 49.2 Å². The van der Waals surface area contributed by atoms with Gasteiger partial charge in [0.15, 0.2) is 5.76 Å². The molecular formula is C17H24ClN3O2. The summed E-state index contributed by atoms with van der Waals surface area (Å²) in [4.78, 5) is 6.76. The fourth-order valence-corrected chi connectivity index (χ4v) is 2.89. The average molecular weight is 338 g/mol. The van der Waals surface area contributed by atoms with E-state index >= 15 is 0 Å². The number of likely N-dealkylation sites (tertiary alicyclic amines) is 1. The van der Waals surface area contributed by atoms with E-state index in [4.69, 9.17) is 14.9 Å². The van der Waals surface area contributed by atoms with Crippen LogP contribution in [0.1, 0.15) is 19.2 Å². The highest BCUT2D eigenvalue weighted by Crippen LogP contribution is 2.30. The third-order valence-electron chi connectivity index (χ3n) is 4.42. The van der Waals surface area contributed by atoms with Crippen molar-refractivity contribution >= 4 is 12.4 Å². The van der Waals surface area contributed by atoms with Gasteiger partial charge in [0.2, 0.25) is 5.89 Å². The molecule has 1 aliphatic rings. The quantitative estimate of drug-likeness (QED) is 0.908. The second kappa shape index (κ2) is 7.34. The topological polar surface area (TPSA) is 64.5 Å². The first kappa shape index (κ1) is 17.8. The van der Waals surface area contributed by atoms with Crippen molar-refractivity contribution in [2.45, 2.75) is 19.9 Å². The average Bonchev–Trinajstić information content (AvgIpc) is 3.16. The van der Waals surface area contributed by atoms with E-state index in [9.17, 15) is 0 Å². The zero-order valence-corrected chi connectivity index (χ0v) is 14.4. The molecule has 3 rings (SSSR count). The van der Waals surface area contributed by atoms with E-state index in [-0.39, 0.29) is 17.8 Å². The van der Waals surface area contributed by atoms with Gasteiger partial charge >= 0.3 is 0 Å². The molecule has 0 spiro atoms. The molecule has 1 aliphatic heterocycles. The van der Waals surface area contributed by atoms with Crippen LogP contribution in [0.15, 0.2) is 34.9 Å². The van der Waals surface area contributed by atoms with Gasteiger partial charge in [-0.3, -0.25) is 4.90 Å². The summed E-state index contributed by atoms with van der Waals surface area (Å²) in [6.45, 7) is 5.76. The first-order valence-electron chi connectivity index (χ1n) is 7.63. The Bertz CT molecular complexity index is 629. The Hall–Kier alpha value is -1.56. The lowest BCUT2D eigenvalue weighted by atomic mass is 9.90. The summed E-state index contributed by atoms with van der Waals surface area (Å²) in [5.41, 5.74) is 7.09. The Kier molecular flexibility index (Phi) is 5.68. The number of rotatable bonds is 5. The van der Waals surface area contributed by atoms with E-state index in [2.05, 4.69) is 16.8 Å². The van der Waals surface area contributed by atoms with Gasteiger partial charge in [-0.15, -0.1) is 12.4 Å². The van der Waals surface area contributed by atoms with E-state index in [1.165, 1.54) is 0 Å². The van der Waals surface area contributed by atoms with Gasteiger partial charge in [-0.1, -0.05) is 6.92 Å². The summed E-state index contributed by atoms with van der Waals surface area (Å²) in [5, 5.41) is 0. The number of nitrogens with zero attached hydrogens (tertiary/aromatic N) is 2. The molecule has 126 valence electrons. The van der Waals surface area contributed by atoms with Crippen molar-refractivity contribution in [1.29, 1.82) is 0 Å². The molecule has 0 saturated carbocycles. The molecule has 1 saturated heterocycles. The molecule has 2 aromatic rings. The maximum absolute atomic E-state index is 5.88. The molecule has 5 nitrogen and oxygen atoms in total. The van der Waals surface area contributed by atoms with Crippen LogP contribution in [0.5, 0.6) is 5.75 Å². The molecule has 2 N–H and O–H groups in total. The minimum atomic E-state index is 0. The molecule has 23 heavy (non-hydrogen) atoms. The normalized spacial score (nSPS) is 21.2. The second-order valence-electron chi connectivity index (χ2n) is 6.32. The van der Waals surface area contributed by atoms with Gasteiger partial charge in [0.25, 0.3) is 0 Å². The molecule has 1 atom stereocenters. The standard InChI is InChI=1S/C17H23N3O2.ClH/c1-17(11-18)7-8-20(12-17)10-16-19-9-15(22-16)13-3-5-14(21-2)6-4-13;/h3-6,9H,7-8,10-12,18H2,1-2H3;1H. The van der Waals surface area contributed by atoms with Gasteiger partial charge in [-0.2, -0.15) is 0 Å². The summed E-state index contributed by atoms with van der Waals surface area (Å²) in [5.74, 6) is 2.38. The molecule has 1 aromatic heterocycles. The largest absolute Gasteiger partial charge is 0.497 e. The Labute approximate surface area is 143 Å². The van der Waals surface area contributed by atoms with Gasteiger partial charge in [0, 0.05) is 12.1 Å². The predicted octanol–water partition coefficient (Wildman–Crippen LogP) is 2.94. The van der Waals surface area contributed by atoms with Crippen molar-refractivity contribution in [3.05, 3.63) is 36.4 Å². The Morgan fingerprint density at radius 3 is 2.70 bits per heavy atom. The van der Waals surface area contributed by atoms with E-state index in [0.717, 1.165) is 55.6 Å². The van der Waals surface area contributed by atoms with Crippen molar-refractivity contribution in [2.75, 3.05) is 26.7 Å². The lowest BCUT2D eigenvalue weighted by Crippen LogP contribution is -2.31. The lowest BCUT2D eigenvalue weighted by Gasteiger charge is -2.21. The van der Waals surface area contributed by atoms with Crippen LogP contribution in [-0.2, 0) is 6.54 Å². The molecule has 1 fully saturated rings. The van der Waals surface area contributed by atoms with Crippen LogP contribution in [0, 0.1) is 5.41 Å². The fourth-order valence-electron chi connectivity index (χ4n) is 2.89. The first-order chi connectivity index (χ1) is 10.6. The SMILES string of the molecule is COc1ccc(-c2cnc(CN3CCC(C)(CN)C3)o2)cc1.Cl. The van der Waals surface area contributed by atoms with E-state index in [1.54, 1.807) is 13.3 Å². The Morgan fingerprint density at radius 1 is 1.35 bits per heavy atom. The van der Waals surface area contributed by atoms with Crippen LogP contribution in [0.4, 0.5) is 0 Å². The zero-order valence-electron chi connectivity index (χ0n) is 13.6. The molecule has 0 aliphatic carbocycles. The van der Waals surface area contributed by atoms with Gasteiger partial charge in [0.1, 0.15) is 5.75 Å². The van der Waals surface area contributed by atoms with Crippen LogP contribution in [-0.4, -0.2) is 36.6 Å². The highest BCUT2D eigenvalue weighted by atomic mass is 35.5. The number of halogens is 1. The number of nitrogens with two attached hydrogens (primary N) is 1. The van der Waals surface area contributed by atoms with Crippen LogP contribution < -0.4 is 10.5 Å². The van der Waals surface area contributed by atoms with Crippen molar-refractivity contribution in [3.8, 4) is 17.1 Å². The summed E-state index contributed by atoms with van der Waals surface area (Å²) >= 11 is 0. The van der Waals surface area contributed by atoms with Gasteiger partial charge < -0.3 is 14.9 Å². The number of benzene rings is 1. The highest BCUT2D eigenvalue weighted by molar-refractivity contribution is 5.85. The molecule has 6 heteroatoms. The summed E-state index contributed by atoms with van der Waals surface area (Å²) < 4.78 is 11.0. The maximum atomic E-state index is 5.88. The number of ether oxygens (including phenoxy) is 1. The molecule has 1 aromatic carbocycles. The fraction of sp³-hybridized carbons (Fsp3) is 0.471. The van der Waals surface area contributed by atoms with E-state index in [1.807, 2.05) is 24.3 Å². The Morgan fingerprint density at radius 2 is 2.09 bits per heavy atom. The number of hydrogen-bond donors (Lipinski definition) is 1. The second-order valence-corrected chi connectivity index (χ2v) is 6.32. The van der Waals surface area contributed by atoms with Crippen LogP contribution >= 0.6 is 12.4 Å². The van der Waals surface area contributed by atoms with Crippen LogP contribution in [0.25, 0.3) is 11.3 Å². The molecule has 0 amide bonds. The van der Waals surface area contributed by atoms with E-state index < -0.39 is 0 Å². The Balaban J connectivity index is 0.00000192. The first-order valence-corrected chi connectivity index (χ1v) is 7.63. The monoisotopic (exact) mass is 337 g/mol. The molecule has 2 heterocycles. The summed E-state index contributed by atoms with van der Waals surface area (Å²) in [7, 11) is 1.66. The number of aromatic nitrogens is 1. The van der Waals surface area contributed by atoms with Crippen molar-refractivity contribution in [1.82, 2.24) is 9.88 Å². The molecule has 0 bridgehead atoms. The minimum absolute atomic E-state index is 0. The van der Waals surface area contributed by atoms with Crippen molar-refractivity contribution in [3.63, 3.8) is 0 Å². The third kappa shape index (κ3) is 4.05. The summed E-state index contributed by atoms with van der Waals surface area (Å²) in [6.07, 6.45) is 2.92. The van der Waals surface area contributed by atoms with Crippen LogP contribution in [0.3, 0.4) is 0 Å². The van der Waals surface area contributed by atoms with E-state index in [0.29, 0.717) is 0 Å². The summed E-state index contributed by atoms with van der Waals surface area (Å²) in [6, 6.07) is 7.80. The molecule has 0 radical (unpaired) electrons. The smallest absolute Gasteiger partial charge is 0.209 e. The number of methoxy groups -OCH3 is 1. The van der Waals surface area contributed by atoms with Crippen molar-refractivity contribution < 1.29 is 9.15 Å². The van der Waals surface area contributed by atoms with Crippen molar-refractivity contribution in [2.24, 2.45) is 11.1 Å². The molecular weight excluding hydrogens is 314 g/mol. The lowest BCUT2D eigenvalue weighted by molar-refractivity contribution is 0.252. The third-order valence-corrected chi connectivity index (χ3v) is 4.42. The van der Waals surface area contributed by atoms with Gasteiger partial charge in [-0.25, -0.2) is 4.98 Å². The highest BCUT2D eigenvalue weighted by Gasteiger charge is 2.32.